The molecule has 0 atom stereocenters. The molecule has 2 aromatic heterocycles. The molecule has 4 N–H and O–H groups in total. The number of aromatic nitrogens is 2. The Morgan fingerprint density at radius 3 is 2.50 bits per heavy atom. The van der Waals surface area contributed by atoms with Gasteiger partial charge in [0.25, 0.3) is 0 Å². The standard InChI is InChI=1S/C16H17Cl2N5O4S/c1-25-3-4-27-14-8(15(24)26-2)5-11(13(19)23-14)21-16(28)22-12-9(17)6-20-7-10(12)18/h5-7H,3-4H2,1-2H3,(H2,19,23)(H2,20,21,22,28). The van der Waals surface area contributed by atoms with Crippen molar-refractivity contribution in [2.45, 2.75) is 0 Å². The van der Waals surface area contributed by atoms with Crippen molar-refractivity contribution >= 4 is 63.7 Å². The monoisotopic (exact) mass is 445 g/mol. The van der Waals surface area contributed by atoms with E-state index in [0.29, 0.717) is 12.3 Å². The lowest BCUT2D eigenvalue weighted by molar-refractivity contribution is 0.0592. The number of methoxy groups -OCH3 is 2. The molecule has 0 fully saturated rings. The van der Waals surface area contributed by atoms with Gasteiger partial charge in [0, 0.05) is 19.5 Å². The SMILES string of the molecule is COCCOc1nc(N)c(NC(=S)Nc2c(Cl)cncc2Cl)cc1C(=O)OC. The number of nitrogens with zero attached hydrogens (tertiary/aromatic N) is 2. The number of pyridine rings is 2. The zero-order valence-corrected chi connectivity index (χ0v) is 17.2. The molecule has 0 saturated carbocycles. The van der Waals surface area contributed by atoms with Gasteiger partial charge in [-0.1, -0.05) is 23.2 Å². The van der Waals surface area contributed by atoms with E-state index in [-0.39, 0.29) is 44.7 Å². The van der Waals surface area contributed by atoms with Crippen molar-refractivity contribution in [2.24, 2.45) is 0 Å². The zero-order chi connectivity index (χ0) is 20.7. The number of carbonyl (C=O) groups is 1. The van der Waals surface area contributed by atoms with Crippen molar-refractivity contribution in [2.75, 3.05) is 43.8 Å². The van der Waals surface area contributed by atoms with E-state index in [9.17, 15) is 4.79 Å². The number of nitrogens with one attached hydrogen (secondary N) is 2. The van der Waals surface area contributed by atoms with E-state index < -0.39 is 5.97 Å². The summed E-state index contributed by atoms with van der Waals surface area (Å²) in [6.07, 6.45) is 2.83. The Morgan fingerprint density at radius 2 is 1.89 bits per heavy atom. The molecule has 2 rings (SSSR count). The summed E-state index contributed by atoms with van der Waals surface area (Å²) < 4.78 is 15.1. The van der Waals surface area contributed by atoms with E-state index in [2.05, 4.69) is 20.6 Å². The van der Waals surface area contributed by atoms with Crippen LogP contribution in [0, 0.1) is 0 Å². The Hall–Kier alpha value is -2.40. The second kappa shape index (κ2) is 10.2. The van der Waals surface area contributed by atoms with Crippen LogP contribution < -0.4 is 21.1 Å². The van der Waals surface area contributed by atoms with E-state index in [1.54, 1.807) is 0 Å². The highest BCUT2D eigenvalue weighted by molar-refractivity contribution is 7.80. The Kier molecular flexibility index (Phi) is 8.00. The van der Waals surface area contributed by atoms with E-state index in [4.69, 9.17) is 55.4 Å². The van der Waals surface area contributed by atoms with Gasteiger partial charge in [0.05, 0.1) is 35.1 Å². The maximum Gasteiger partial charge on any atom is 0.343 e. The van der Waals surface area contributed by atoms with Crippen LogP contribution in [0.4, 0.5) is 17.2 Å². The highest BCUT2D eigenvalue weighted by atomic mass is 35.5. The molecule has 9 nitrogen and oxygen atoms in total. The smallest absolute Gasteiger partial charge is 0.343 e. The first-order valence-electron chi connectivity index (χ1n) is 7.75. The van der Waals surface area contributed by atoms with Crippen LogP contribution in [0.3, 0.4) is 0 Å². The molecular weight excluding hydrogens is 429 g/mol. The lowest BCUT2D eigenvalue weighted by Crippen LogP contribution is -2.21. The summed E-state index contributed by atoms with van der Waals surface area (Å²) in [5, 5.41) is 6.35. The predicted octanol–water partition coefficient (Wildman–Crippen LogP) is 2.99. The Morgan fingerprint density at radius 1 is 1.21 bits per heavy atom. The van der Waals surface area contributed by atoms with Crippen molar-refractivity contribution in [3.63, 3.8) is 0 Å². The van der Waals surface area contributed by atoms with Crippen LogP contribution in [0.25, 0.3) is 0 Å². The molecule has 0 aliphatic rings. The summed E-state index contributed by atoms with van der Waals surface area (Å²) in [7, 11) is 2.76. The van der Waals surface area contributed by atoms with Crippen molar-refractivity contribution in [3.05, 3.63) is 34.1 Å². The topological polar surface area (TPSA) is 121 Å². The minimum absolute atomic E-state index is 0.0195. The average Bonchev–Trinajstić information content (AvgIpc) is 2.66. The molecule has 0 aromatic carbocycles. The minimum atomic E-state index is -0.651. The fourth-order valence-corrected chi connectivity index (χ4v) is 2.67. The summed E-state index contributed by atoms with van der Waals surface area (Å²) in [5.41, 5.74) is 6.65. The molecule has 150 valence electrons. The number of rotatable bonds is 7. The molecule has 0 radical (unpaired) electrons. The summed E-state index contributed by atoms with van der Waals surface area (Å²) in [4.78, 5) is 20.0. The Bertz CT molecular complexity index is 864. The molecule has 0 saturated heterocycles. The molecule has 0 amide bonds. The van der Waals surface area contributed by atoms with Crippen LogP contribution in [0.5, 0.6) is 5.88 Å². The number of anilines is 3. The maximum atomic E-state index is 12.1. The average molecular weight is 446 g/mol. The van der Waals surface area contributed by atoms with Crippen LogP contribution in [-0.2, 0) is 9.47 Å². The number of hydrogen-bond donors (Lipinski definition) is 3. The lowest BCUT2D eigenvalue weighted by Gasteiger charge is -2.16. The fourth-order valence-electron chi connectivity index (χ4n) is 2.00. The first kappa shape index (κ1) is 21.9. The van der Waals surface area contributed by atoms with Crippen molar-refractivity contribution in [3.8, 4) is 5.88 Å². The number of carbonyl (C=O) groups excluding carboxylic acids is 1. The minimum Gasteiger partial charge on any atom is -0.475 e. The normalized spacial score (nSPS) is 10.3. The van der Waals surface area contributed by atoms with Gasteiger partial charge in [0.15, 0.2) is 10.9 Å². The van der Waals surface area contributed by atoms with Crippen molar-refractivity contribution < 1.29 is 19.0 Å². The molecule has 0 aliphatic heterocycles. The van der Waals surface area contributed by atoms with Crippen LogP contribution in [-0.4, -0.2) is 48.5 Å². The van der Waals surface area contributed by atoms with E-state index in [1.165, 1.54) is 32.7 Å². The first-order valence-corrected chi connectivity index (χ1v) is 8.91. The number of hydrogen-bond acceptors (Lipinski definition) is 8. The molecule has 0 aliphatic carbocycles. The van der Waals surface area contributed by atoms with Crippen molar-refractivity contribution in [1.82, 2.24) is 9.97 Å². The highest BCUT2D eigenvalue weighted by Gasteiger charge is 2.19. The summed E-state index contributed by atoms with van der Waals surface area (Å²) in [6.45, 7) is 0.488. The third kappa shape index (κ3) is 5.55. The van der Waals surface area contributed by atoms with E-state index in [0.717, 1.165) is 0 Å². The second-order valence-corrected chi connectivity index (χ2v) is 6.39. The van der Waals surface area contributed by atoms with Gasteiger partial charge in [-0.15, -0.1) is 0 Å². The molecule has 28 heavy (non-hydrogen) atoms. The Balaban J connectivity index is 2.24. The highest BCUT2D eigenvalue weighted by Crippen LogP contribution is 2.30. The van der Waals surface area contributed by atoms with Crippen LogP contribution >= 0.6 is 35.4 Å². The van der Waals surface area contributed by atoms with Gasteiger partial charge in [0.1, 0.15) is 12.2 Å². The number of nitrogen functional groups attached to an aromatic ring is 1. The first-order chi connectivity index (χ1) is 13.4. The van der Waals surface area contributed by atoms with Crippen LogP contribution in [0.1, 0.15) is 10.4 Å². The molecule has 0 unspecified atom stereocenters. The van der Waals surface area contributed by atoms with E-state index >= 15 is 0 Å². The fraction of sp³-hybridized carbons (Fsp3) is 0.250. The maximum absolute atomic E-state index is 12.1. The summed E-state index contributed by atoms with van der Waals surface area (Å²) >= 11 is 17.4. The second-order valence-electron chi connectivity index (χ2n) is 5.16. The molecule has 2 heterocycles. The largest absolute Gasteiger partial charge is 0.475 e. The van der Waals surface area contributed by atoms with Gasteiger partial charge in [-0.3, -0.25) is 4.98 Å². The molecule has 12 heteroatoms. The molecule has 2 aromatic rings. The number of nitrogens with two attached hydrogens (primary N) is 1. The molecular formula is C16H17Cl2N5O4S. The van der Waals surface area contributed by atoms with Crippen LogP contribution in [0.2, 0.25) is 10.0 Å². The van der Waals surface area contributed by atoms with E-state index in [1.807, 2.05) is 0 Å². The predicted molar refractivity (Wildman–Crippen MR) is 111 cm³/mol. The van der Waals surface area contributed by atoms with Crippen molar-refractivity contribution in [1.29, 1.82) is 0 Å². The number of thiocarbonyl (C=S) groups is 1. The van der Waals surface area contributed by atoms with Gasteiger partial charge < -0.3 is 30.6 Å². The summed E-state index contributed by atoms with van der Waals surface area (Å²) in [6, 6.07) is 1.42. The summed E-state index contributed by atoms with van der Waals surface area (Å²) in [5.74, 6) is -0.579. The van der Waals surface area contributed by atoms with Crippen LogP contribution in [0.15, 0.2) is 18.5 Å². The van der Waals surface area contributed by atoms with Gasteiger partial charge in [-0.2, -0.15) is 4.98 Å². The number of halogens is 2. The Labute approximate surface area is 176 Å². The third-order valence-corrected chi connectivity index (χ3v) is 4.07. The third-order valence-electron chi connectivity index (χ3n) is 3.29. The molecule has 0 bridgehead atoms. The molecule has 0 spiro atoms. The van der Waals surface area contributed by atoms with Gasteiger partial charge in [-0.05, 0) is 18.3 Å². The lowest BCUT2D eigenvalue weighted by atomic mass is 10.2. The van der Waals surface area contributed by atoms with Gasteiger partial charge >= 0.3 is 5.97 Å². The number of ether oxygens (including phenoxy) is 3. The van der Waals surface area contributed by atoms with Gasteiger partial charge in [-0.25, -0.2) is 4.79 Å². The zero-order valence-electron chi connectivity index (χ0n) is 14.9. The quantitative estimate of drug-likeness (QED) is 0.333. The van der Waals surface area contributed by atoms with Gasteiger partial charge in [0.2, 0.25) is 5.88 Å². The number of esters is 1.